The topological polar surface area (TPSA) is 63.4 Å². The summed E-state index contributed by atoms with van der Waals surface area (Å²) in [6.45, 7) is 3.63. The van der Waals surface area contributed by atoms with Crippen molar-refractivity contribution in [3.05, 3.63) is 28.8 Å². The molecule has 6 heteroatoms. The SMILES string of the molecule is CCCc1ccc(Cl)c(S(=O)(=O)N2CCCC(CN)C2)c1. The fraction of sp³-hybridized carbons (Fsp3) is 0.600. The highest BCUT2D eigenvalue weighted by Gasteiger charge is 2.31. The van der Waals surface area contributed by atoms with Gasteiger partial charge in [-0.1, -0.05) is 31.0 Å². The van der Waals surface area contributed by atoms with Gasteiger partial charge in [-0.2, -0.15) is 4.31 Å². The fourth-order valence-corrected chi connectivity index (χ4v) is 4.85. The minimum absolute atomic E-state index is 0.229. The molecule has 1 unspecified atom stereocenters. The average Bonchev–Trinajstić information content (AvgIpc) is 2.49. The predicted octanol–water partition coefficient (Wildman–Crippen LogP) is 2.65. The monoisotopic (exact) mass is 330 g/mol. The summed E-state index contributed by atoms with van der Waals surface area (Å²) in [6.07, 6.45) is 3.67. The number of sulfonamides is 1. The van der Waals surface area contributed by atoms with Gasteiger partial charge in [0.1, 0.15) is 4.90 Å². The second kappa shape index (κ2) is 7.09. The Morgan fingerprint density at radius 2 is 2.19 bits per heavy atom. The third kappa shape index (κ3) is 3.77. The zero-order valence-corrected chi connectivity index (χ0v) is 14.0. The van der Waals surface area contributed by atoms with Gasteiger partial charge < -0.3 is 5.73 Å². The molecule has 2 rings (SSSR count). The first kappa shape index (κ1) is 16.7. The molecule has 1 aromatic carbocycles. The molecule has 0 bridgehead atoms. The Balaban J connectivity index is 2.32. The van der Waals surface area contributed by atoms with E-state index in [9.17, 15) is 8.42 Å². The number of hydrogen-bond donors (Lipinski definition) is 1. The largest absolute Gasteiger partial charge is 0.330 e. The van der Waals surface area contributed by atoms with Gasteiger partial charge in [-0.15, -0.1) is 0 Å². The van der Waals surface area contributed by atoms with Crippen LogP contribution in [0.15, 0.2) is 23.1 Å². The third-order valence-electron chi connectivity index (χ3n) is 3.97. The number of nitrogens with two attached hydrogens (primary N) is 1. The molecule has 0 aromatic heterocycles. The van der Waals surface area contributed by atoms with Crippen molar-refractivity contribution in [2.45, 2.75) is 37.5 Å². The molecule has 1 heterocycles. The van der Waals surface area contributed by atoms with E-state index in [-0.39, 0.29) is 10.8 Å². The van der Waals surface area contributed by atoms with Crippen LogP contribution in [-0.2, 0) is 16.4 Å². The maximum Gasteiger partial charge on any atom is 0.244 e. The minimum atomic E-state index is -3.53. The Bertz CT molecular complexity index is 589. The van der Waals surface area contributed by atoms with E-state index in [1.165, 1.54) is 4.31 Å². The molecule has 0 aliphatic carbocycles. The van der Waals surface area contributed by atoms with Crippen LogP contribution in [0.25, 0.3) is 0 Å². The van der Waals surface area contributed by atoms with E-state index in [4.69, 9.17) is 17.3 Å². The maximum atomic E-state index is 12.8. The summed E-state index contributed by atoms with van der Waals surface area (Å²) in [5.41, 5.74) is 6.70. The summed E-state index contributed by atoms with van der Waals surface area (Å²) >= 11 is 6.14. The zero-order valence-electron chi connectivity index (χ0n) is 12.4. The number of hydrogen-bond acceptors (Lipinski definition) is 3. The molecule has 1 atom stereocenters. The molecule has 2 N–H and O–H groups in total. The van der Waals surface area contributed by atoms with Crippen LogP contribution in [0.2, 0.25) is 5.02 Å². The zero-order chi connectivity index (χ0) is 15.5. The summed E-state index contributed by atoms with van der Waals surface area (Å²) in [5, 5.41) is 0.296. The summed E-state index contributed by atoms with van der Waals surface area (Å²) in [5.74, 6) is 0.242. The van der Waals surface area contributed by atoms with Crippen molar-refractivity contribution >= 4 is 21.6 Å². The lowest BCUT2D eigenvalue weighted by atomic mass is 10.0. The van der Waals surface area contributed by atoms with Crippen molar-refractivity contribution in [2.24, 2.45) is 11.7 Å². The molecular weight excluding hydrogens is 308 g/mol. The van der Waals surface area contributed by atoms with E-state index in [2.05, 4.69) is 6.92 Å². The second-order valence-electron chi connectivity index (χ2n) is 5.62. The predicted molar refractivity (Wildman–Crippen MR) is 86.0 cm³/mol. The van der Waals surface area contributed by atoms with Crippen LogP contribution >= 0.6 is 11.6 Å². The Morgan fingerprint density at radius 3 is 2.86 bits per heavy atom. The second-order valence-corrected chi connectivity index (χ2v) is 7.94. The molecule has 1 saturated heterocycles. The van der Waals surface area contributed by atoms with Crippen LogP contribution < -0.4 is 5.73 Å². The number of aryl methyl sites for hydroxylation is 1. The number of nitrogens with zero attached hydrogens (tertiary/aromatic N) is 1. The molecule has 0 spiro atoms. The van der Waals surface area contributed by atoms with Crippen LogP contribution in [0, 0.1) is 5.92 Å². The highest BCUT2D eigenvalue weighted by atomic mass is 35.5. The highest BCUT2D eigenvalue weighted by Crippen LogP contribution is 2.29. The fourth-order valence-electron chi connectivity index (χ4n) is 2.77. The van der Waals surface area contributed by atoms with Gasteiger partial charge >= 0.3 is 0 Å². The number of rotatable bonds is 5. The highest BCUT2D eigenvalue weighted by molar-refractivity contribution is 7.89. The van der Waals surface area contributed by atoms with Crippen molar-refractivity contribution < 1.29 is 8.42 Å². The molecule has 1 aromatic rings. The molecule has 21 heavy (non-hydrogen) atoms. The van der Waals surface area contributed by atoms with Gasteiger partial charge in [-0.3, -0.25) is 0 Å². The van der Waals surface area contributed by atoms with E-state index in [1.54, 1.807) is 12.1 Å². The molecular formula is C15H23ClN2O2S. The van der Waals surface area contributed by atoms with Crippen LogP contribution in [-0.4, -0.2) is 32.4 Å². The average molecular weight is 331 g/mol. The first-order chi connectivity index (χ1) is 9.98. The van der Waals surface area contributed by atoms with E-state index >= 15 is 0 Å². The lowest BCUT2D eigenvalue weighted by molar-refractivity contribution is 0.271. The van der Waals surface area contributed by atoms with Gasteiger partial charge in [0.05, 0.1) is 5.02 Å². The van der Waals surface area contributed by atoms with Gasteiger partial charge in [-0.25, -0.2) is 8.42 Å². The summed E-state index contributed by atoms with van der Waals surface area (Å²) in [6, 6.07) is 5.29. The van der Waals surface area contributed by atoms with Gasteiger partial charge in [0.15, 0.2) is 0 Å². The van der Waals surface area contributed by atoms with E-state index < -0.39 is 10.0 Å². The van der Waals surface area contributed by atoms with Gasteiger partial charge in [-0.05, 0) is 49.4 Å². The van der Waals surface area contributed by atoms with Crippen LogP contribution in [0.1, 0.15) is 31.7 Å². The Hall–Kier alpha value is -0.620. The maximum absolute atomic E-state index is 12.8. The summed E-state index contributed by atoms with van der Waals surface area (Å²) in [7, 11) is -3.53. The van der Waals surface area contributed by atoms with Crippen molar-refractivity contribution in [2.75, 3.05) is 19.6 Å². The minimum Gasteiger partial charge on any atom is -0.330 e. The molecule has 1 fully saturated rings. The first-order valence-corrected chi connectivity index (χ1v) is 9.29. The summed E-state index contributed by atoms with van der Waals surface area (Å²) < 4.78 is 27.2. The first-order valence-electron chi connectivity index (χ1n) is 7.47. The third-order valence-corrected chi connectivity index (χ3v) is 6.31. The van der Waals surface area contributed by atoms with Crippen LogP contribution in [0.4, 0.5) is 0 Å². The molecule has 1 aliphatic heterocycles. The van der Waals surface area contributed by atoms with Crippen LogP contribution in [0.3, 0.4) is 0 Å². The Kier molecular flexibility index (Phi) is 5.66. The lowest BCUT2D eigenvalue weighted by Gasteiger charge is -2.31. The summed E-state index contributed by atoms with van der Waals surface area (Å²) in [4.78, 5) is 0.229. The van der Waals surface area contributed by atoms with Gasteiger partial charge in [0.25, 0.3) is 0 Å². The molecule has 4 nitrogen and oxygen atoms in total. The molecule has 0 saturated carbocycles. The normalized spacial score (nSPS) is 20.6. The van der Waals surface area contributed by atoms with Crippen LogP contribution in [0.5, 0.6) is 0 Å². The van der Waals surface area contributed by atoms with E-state index in [0.29, 0.717) is 24.7 Å². The van der Waals surface area contributed by atoms with Crippen molar-refractivity contribution in [1.29, 1.82) is 0 Å². The molecule has 118 valence electrons. The molecule has 0 amide bonds. The van der Waals surface area contributed by atoms with Crippen molar-refractivity contribution in [3.8, 4) is 0 Å². The molecule has 0 radical (unpaired) electrons. The quantitative estimate of drug-likeness (QED) is 0.902. The Labute approximate surface area is 132 Å². The number of halogens is 1. The van der Waals surface area contributed by atoms with E-state index in [0.717, 1.165) is 31.2 Å². The van der Waals surface area contributed by atoms with Crippen molar-refractivity contribution in [3.63, 3.8) is 0 Å². The van der Waals surface area contributed by atoms with Gasteiger partial charge in [0, 0.05) is 13.1 Å². The Morgan fingerprint density at radius 1 is 1.43 bits per heavy atom. The smallest absolute Gasteiger partial charge is 0.244 e. The lowest BCUT2D eigenvalue weighted by Crippen LogP contribution is -2.42. The van der Waals surface area contributed by atoms with E-state index in [1.807, 2.05) is 6.07 Å². The van der Waals surface area contributed by atoms with Gasteiger partial charge in [0.2, 0.25) is 10.0 Å². The molecule has 1 aliphatic rings. The standard InChI is InChI=1S/C15H23ClN2O2S/c1-2-4-12-6-7-14(16)15(9-12)21(19,20)18-8-3-5-13(10-17)11-18/h6-7,9,13H,2-5,8,10-11,17H2,1H3. The number of benzene rings is 1. The van der Waals surface area contributed by atoms with Crippen molar-refractivity contribution in [1.82, 2.24) is 4.31 Å². The number of piperidine rings is 1.